The minimum atomic E-state index is -0.209. The first kappa shape index (κ1) is 9.50. The number of fused-ring (bicyclic) bond motifs is 2. The third-order valence-electron chi connectivity index (χ3n) is 3.10. The van der Waals surface area contributed by atoms with E-state index in [0.29, 0.717) is 18.4 Å². The molecule has 0 aromatic heterocycles. The number of esters is 1. The van der Waals surface area contributed by atoms with Crippen LogP contribution in [0.4, 0.5) is 0 Å². The summed E-state index contributed by atoms with van der Waals surface area (Å²) >= 11 is 0. The average Bonchev–Trinajstić information content (AvgIpc) is 2.76. The first-order valence-corrected chi connectivity index (χ1v) is 5.33. The van der Waals surface area contributed by atoms with Crippen molar-refractivity contribution in [3.8, 4) is 0 Å². The number of hydrogen-bond donors (Lipinski definition) is 0. The molecule has 2 heteroatoms. The highest BCUT2D eigenvalue weighted by Crippen LogP contribution is 2.43. The fourth-order valence-corrected chi connectivity index (χ4v) is 2.44. The quantitative estimate of drug-likeness (QED) is 0.389. The lowest BCUT2D eigenvalue weighted by molar-refractivity contribution is -0.137. The maximum atomic E-state index is 11.1. The van der Waals surface area contributed by atoms with Crippen molar-refractivity contribution >= 4 is 5.97 Å². The molecule has 0 amide bonds. The van der Waals surface area contributed by atoms with Gasteiger partial charge in [-0.1, -0.05) is 18.2 Å². The van der Waals surface area contributed by atoms with Crippen molar-refractivity contribution in [3.05, 3.63) is 24.3 Å². The number of rotatable bonds is 3. The van der Waals surface area contributed by atoms with Gasteiger partial charge in [-0.05, 0) is 37.5 Å². The van der Waals surface area contributed by atoms with Crippen molar-refractivity contribution in [1.82, 2.24) is 0 Å². The Morgan fingerprint density at radius 3 is 2.93 bits per heavy atom. The molecule has 0 aromatic rings. The van der Waals surface area contributed by atoms with Gasteiger partial charge < -0.3 is 4.74 Å². The zero-order valence-electron chi connectivity index (χ0n) is 8.48. The molecule has 0 spiro atoms. The van der Waals surface area contributed by atoms with Crippen molar-refractivity contribution < 1.29 is 9.53 Å². The predicted molar refractivity (Wildman–Crippen MR) is 54.6 cm³/mol. The molecule has 1 fully saturated rings. The second-order valence-corrected chi connectivity index (χ2v) is 4.06. The average molecular weight is 192 g/mol. The smallest absolute Gasteiger partial charge is 0.330 e. The van der Waals surface area contributed by atoms with Gasteiger partial charge in [0.05, 0.1) is 6.61 Å². The van der Waals surface area contributed by atoms with E-state index >= 15 is 0 Å². The van der Waals surface area contributed by atoms with Crippen LogP contribution in [0.1, 0.15) is 19.8 Å². The molecule has 0 radical (unpaired) electrons. The molecule has 2 aliphatic rings. The summed E-state index contributed by atoms with van der Waals surface area (Å²) in [5.74, 6) is 1.79. The third kappa shape index (κ3) is 1.89. The van der Waals surface area contributed by atoms with Crippen LogP contribution in [-0.2, 0) is 9.53 Å². The summed E-state index contributed by atoms with van der Waals surface area (Å²) in [4.78, 5) is 11.1. The Morgan fingerprint density at radius 1 is 1.50 bits per heavy atom. The first-order chi connectivity index (χ1) is 6.79. The van der Waals surface area contributed by atoms with E-state index < -0.39 is 0 Å². The van der Waals surface area contributed by atoms with Gasteiger partial charge in [0.2, 0.25) is 0 Å². The molecular formula is C12H16O2. The Kier molecular flexibility index (Phi) is 2.71. The van der Waals surface area contributed by atoms with E-state index in [0.717, 1.165) is 5.92 Å². The minimum Gasteiger partial charge on any atom is -0.463 e. The summed E-state index contributed by atoms with van der Waals surface area (Å²) in [6.45, 7) is 2.28. The molecule has 1 unspecified atom stereocenters. The molecule has 3 atom stereocenters. The van der Waals surface area contributed by atoms with Gasteiger partial charge in [0.1, 0.15) is 0 Å². The standard InChI is InChI=1S/C12H16O2/c1-2-14-12(13)6-5-11-8-9-3-4-10(11)7-9/h3-6,9-11H,2,7-8H2,1H3/b6-5+/t9-,10+,11?/m0/s1. The summed E-state index contributed by atoms with van der Waals surface area (Å²) in [6, 6.07) is 0. The van der Waals surface area contributed by atoms with Crippen LogP contribution < -0.4 is 0 Å². The number of carbonyl (C=O) groups excluding carboxylic acids is 1. The van der Waals surface area contributed by atoms with Crippen molar-refractivity contribution in [3.63, 3.8) is 0 Å². The number of hydrogen-bond acceptors (Lipinski definition) is 2. The number of ether oxygens (including phenoxy) is 1. The molecular weight excluding hydrogens is 176 g/mol. The fourth-order valence-electron chi connectivity index (χ4n) is 2.44. The monoisotopic (exact) mass is 192 g/mol. The summed E-state index contributed by atoms with van der Waals surface area (Å²) in [5.41, 5.74) is 0. The zero-order valence-corrected chi connectivity index (χ0v) is 8.48. The van der Waals surface area contributed by atoms with Gasteiger partial charge in [-0.15, -0.1) is 0 Å². The highest BCUT2D eigenvalue weighted by molar-refractivity contribution is 5.81. The SMILES string of the molecule is CCOC(=O)/C=C/C1C[C@H]2C=C[C@@H]1C2. The zero-order chi connectivity index (χ0) is 9.97. The van der Waals surface area contributed by atoms with Gasteiger partial charge in [0.15, 0.2) is 0 Å². The second kappa shape index (κ2) is 3.99. The Hall–Kier alpha value is -1.05. The van der Waals surface area contributed by atoms with E-state index in [9.17, 15) is 4.79 Å². The van der Waals surface area contributed by atoms with Gasteiger partial charge in [-0.3, -0.25) is 0 Å². The topological polar surface area (TPSA) is 26.3 Å². The fraction of sp³-hybridized carbons (Fsp3) is 0.583. The molecule has 0 heterocycles. The Balaban J connectivity index is 1.86. The molecule has 76 valence electrons. The lowest BCUT2D eigenvalue weighted by Gasteiger charge is -2.12. The second-order valence-electron chi connectivity index (χ2n) is 4.06. The van der Waals surface area contributed by atoms with Crippen LogP contribution in [0.25, 0.3) is 0 Å². The number of allylic oxidation sites excluding steroid dienone is 3. The van der Waals surface area contributed by atoms with Crippen LogP contribution >= 0.6 is 0 Å². The van der Waals surface area contributed by atoms with Crippen molar-refractivity contribution in [2.45, 2.75) is 19.8 Å². The maximum Gasteiger partial charge on any atom is 0.330 e. The van der Waals surface area contributed by atoms with Crippen LogP contribution in [0.2, 0.25) is 0 Å². The third-order valence-corrected chi connectivity index (χ3v) is 3.10. The van der Waals surface area contributed by atoms with Gasteiger partial charge in [0, 0.05) is 6.08 Å². The van der Waals surface area contributed by atoms with Crippen molar-refractivity contribution in [2.75, 3.05) is 6.61 Å². The summed E-state index contributed by atoms with van der Waals surface area (Å²) in [6.07, 6.45) is 10.7. The van der Waals surface area contributed by atoms with Crippen LogP contribution in [0.3, 0.4) is 0 Å². The van der Waals surface area contributed by atoms with Gasteiger partial charge in [-0.2, -0.15) is 0 Å². The highest BCUT2D eigenvalue weighted by atomic mass is 16.5. The van der Waals surface area contributed by atoms with E-state index in [2.05, 4.69) is 12.2 Å². The lowest BCUT2D eigenvalue weighted by Crippen LogP contribution is -2.05. The molecule has 0 aromatic carbocycles. The first-order valence-electron chi connectivity index (χ1n) is 5.33. The van der Waals surface area contributed by atoms with E-state index in [1.165, 1.54) is 12.8 Å². The summed E-state index contributed by atoms with van der Waals surface area (Å²) in [7, 11) is 0. The number of carbonyl (C=O) groups is 1. The maximum absolute atomic E-state index is 11.1. The van der Waals surface area contributed by atoms with Crippen LogP contribution in [-0.4, -0.2) is 12.6 Å². The molecule has 1 saturated carbocycles. The van der Waals surface area contributed by atoms with Gasteiger partial charge in [-0.25, -0.2) is 4.79 Å². The molecule has 14 heavy (non-hydrogen) atoms. The van der Waals surface area contributed by atoms with Gasteiger partial charge >= 0.3 is 5.97 Å². The van der Waals surface area contributed by atoms with E-state index in [1.54, 1.807) is 6.08 Å². The van der Waals surface area contributed by atoms with Crippen LogP contribution in [0, 0.1) is 17.8 Å². The molecule has 0 saturated heterocycles. The Labute approximate surface area is 84.6 Å². The van der Waals surface area contributed by atoms with Crippen molar-refractivity contribution in [1.29, 1.82) is 0 Å². The molecule has 2 rings (SSSR count). The Bertz CT molecular complexity index is 278. The van der Waals surface area contributed by atoms with E-state index in [1.807, 2.05) is 13.0 Å². The minimum absolute atomic E-state index is 0.209. The van der Waals surface area contributed by atoms with E-state index in [-0.39, 0.29) is 5.97 Å². The molecule has 0 aliphatic heterocycles. The van der Waals surface area contributed by atoms with Crippen LogP contribution in [0.5, 0.6) is 0 Å². The van der Waals surface area contributed by atoms with E-state index in [4.69, 9.17) is 4.74 Å². The summed E-state index contributed by atoms with van der Waals surface area (Å²) in [5, 5.41) is 0. The largest absolute Gasteiger partial charge is 0.463 e. The molecule has 2 aliphatic carbocycles. The molecule has 2 bridgehead atoms. The van der Waals surface area contributed by atoms with Crippen molar-refractivity contribution in [2.24, 2.45) is 17.8 Å². The normalized spacial score (nSPS) is 34.2. The predicted octanol–water partition coefficient (Wildman–Crippen LogP) is 2.32. The molecule has 0 N–H and O–H groups in total. The summed E-state index contributed by atoms with van der Waals surface area (Å²) < 4.78 is 4.84. The van der Waals surface area contributed by atoms with Crippen LogP contribution in [0.15, 0.2) is 24.3 Å². The lowest BCUT2D eigenvalue weighted by atomic mass is 9.93. The highest BCUT2D eigenvalue weighted by Gasteiger charge is 2.33. The van der Waals surface area contributed by atoms with Gasteiger partial charge in [0.25, 0.3) is 0 Å². The molecule has 2 nitrogen and oxygen atoms in total. The Morgan fingerprint density at radius 2 is 2.36 bits per heavy atom.